The van der Waals surface area contributed by atoms with Gasteiger partial charge in [-0.1, -0.05) is 12.1 Å². The monoisotopic (exact) mass is 281 g/mol. The number of hydrogen-bond acceptors (Lipinski definition) is 6. The molecule has 0 radical (unpaired) electrons. The second-order valence-corrected chi connectivity index (χ2v) is 5.20. The van der Waals surface area contributed by atoms with Crippen LogP contribution in [0, 0.1) is 0 Å². The first-order valence-electron chi connectivity index (χ1n) is 6.84. The third-order valence-electron chi connectivity index (χ3n) is 3.96. The van der Waals surface area contributed by atoms with Crippen LogP contribution in [-0.4, -0.2) is 30.5 Å². The highest BCUT2D eigenvalue weighted by molar-refractivity contribution is 5.98. The van der Waals surface area contributed by atoms with Gasteiger partial charge in [-0.3, -0.25) is 0 Å². The summed E-state index contributed by atoms with van der Waals surface area (Å²) in [4.78, 5) is 4.49. The van der Waals surface area contributed by atoms with E-state index < -0.39 is 0 Å². The molecule has 0 atom stereocenters. The number of fused-ring (bicyclic) bond motifs is 2. The third kappa shape index (κ3) is 1.72. The molecule has 3 aromatic rings. The van der Waals surface area contributed by atoms with Crippen molar-refractivity contribution in [2.24, 2.45) is 0 Å². The number of aromatic nitrogens is 2. The second-order valence-electron chi connectivity index (χ2n) is 5.20. The van der Waals surface area contributed by atoms with Crippen LogP contribution in [0.2, 0.25) is 0 Å². The SMILES string of the molecule is CN1CCN(c2ccc(N)c3nonc23)c2ccccc21. The van der Waals surface area contributed by atoms with Gasteiger partial charge in [-0.05, 0) is 34.6 Å². The van der Waals surface area contributed by atoms with Crippen LogP contribution in [0.1, 0.15) is 0 Å². The molecule has 0 unspecified atom stereocenters. The maximum atomic E-state index is 5.93. The summed E-state index contributed by atoms with van der Waals surface area (Å²) < 4.78 is 4.87. The van der Waals surface area contributed by atoms with E-state index in [1.165, 1.54) is 5.69 Å². The van der Waals surface area contributed by atoms with Crippen LogP contribution in [0.5, 0.6) is 0 Å². The molecule has 1 aliphatic rings. The molecule has 4 rings (SSSR count). The Hall–Kier alpha value is -2.76. The van der Waals surface area contributed by atoms with Gasteiger partial charge in [0.2, 0.25) is 0 Å². The van der Waals surface area contributed by atoms with Crippen molar-refractivity contribution in [1.82, 2.24) is 10.3 Å². The van der Waals surface area contributed by atoms with E-state index in [0.717, 1.165) is 24.5 Å². The van der Waals surface area contributed by atoms with E-state index in [9.17, 15) is 0 Å². The lowest BCUT2D eigenvalue weighted by Crippen LogP contribution is -2.36. The van der Waals surface area contributed by atoms with E-state index >= 15 is 0 Å². The zero-order valence-electron chi connectivity index (χ0n) is 11.7. The Kier molecular flexibility index (Phi) is 2.50. The highest BCUT2D eigenvalue weighted by Crippen LogP contribution is 2.39. The molecule has 0 spiro atoms. The Labute approximate surface area is 121 Å². The number of para-hydroxylation sites is 2. The van der Waals surface area contributed by atoms with Crippen molar-refractivity contribution >= 4 is 33.8 Å². The molecular formula is C15H15N5O. The maximum Gasteiger partial charge on any atom is 0.160 e. The number of rotatable bonds is 1. The average Bonchev–Trinajstić information content (AvgIpc) is 3.00. The Balaban J connectivity index is 1.92. The Morgan fingerprint density at radius 2 is 1.71 bits per heavy atom. The highest BCUT2D eigenvalue weighted by Gasteiger charge is 2.24. The minimum atomic E-state index is 0.581. The van der Waals surface area contributed by atoms with Crippen LogP contribution < -0.4 is 15.5 Å². The first kappa shape index (κ1) is 12.0. The molecule has 21 heavy (non-hydrogen) atoms. The molecule has 6 heteroatoms. The van der Waals surface area contributed by atoms with Crippen LogP contribution in [-0.2, 0) is 0 Å². The lowest BCUT2D eigenvalue weighted by atomic mass is 10.1. The molecule has 1 aromatic heterocycles. The summed E-state index contributed by atoms with van der Waals surface area (Å²) in [6, 6.07) is 12.2. The van der Waals surface area contributed by atoms with Crippen molar-refractivity contribution in [3.05, 3.63) is 36.4 Å². The molecule has 106 valence electrons. The molecular weight excluding hydrogens is 266 g/mol. The summed E-state index contributed by atoms with van der Waals surface area (Å²) in [6.07, 6.45) is 0. The van der Waals surface area contributed by atoms with Gasteiger partial charge in [0.25, 0.3) is 0 Å². The molecule has 0 saturated heterocycles. The zero-order valence-corrected chi connectivity index (χ0v) is 11.7. The number of likely N-dealkylation sites (N-methyl/N-ethyl adjacent to an activating group) is 1. The van der Waals surface area contributed by atoms with E-state index in [1.807, 2.05) is 18.2 Å². The van der Waals surface area contributed by atoms with Crippen molar-refractivity contribution in [3.8, 4) is 0 Å². The molecule has 0 saturated carbocycles. The number of nitrogens with two attached hydrogens (primary N) is 1. The molecule has 0 amide bonds. The molecule has 0 bridgehead atoms. The lowest BCUT2D eigenvalue weighted by molar-refractivity contribution is 0.315. The first-order valence-corrected chi connectivity index (χ1v) is 6.84. The van der Waals surface area contributed by atoms with Crippen molar-refractivity contribution in [2.75, 3.05) is 35.7 Å². The fourth-order valence-electron chi connectivity index (χ4n) is 2.85. The van der Waals surface area contributed by atoms with Crippen molar-refractivity contribution in [2.45, 2.75) is 0 Å². The van der Waals surface area contributed by atoms with Crippen LogP contribution in [0.4, 0.5) is 22.7 Å². The normalized spacial score (nSPS) is 14.5. The van der Waals surface area contributed by atoms with Crippen LogP contribution in [0.15, 0.2) is 41.0 Å². The van der Waals surface area contributed by atoms with Gasteiger partial charge in [-0.2, -0.15) is 0 Å². The fourth-order valence-corrected chi connectivity index (χ4v) is 2.85. The predicted molar refractivity (Wildman–Crippen MR) is 82.9 cm³/mol. The van der Waals surface area contributed by atoms with Gasteiger partial charge in [-0.25, -0.2) is 4.63 Å². The topological polar surface area (TPSA) is 71.4 Å². The van der Waals surface area contributed by atoms with Crippen LogP contribution in [0.25, 0.3) is 11.0 Å². The summed E-state index contributed by atoms with van der Waals surface area (Å²) in [5.41, 5.74) is 11.2. The van der Waals surface area contributed by atoms with E-state index in [4.69, 9.17) is 10.4 Å². The van der Waals surface area contributed by atoms with Gasteiger partial charge in [0.05, 0.1) is 22.7 Å². The van der Waals surface area contributed by atoms with Crippen molar-refractivity contribution in [3.63, 3.8) is 0 Å². The van der Waals surface area contributed by atoms with E-state index in [2.05, 4.69) is 45.4 Å². The molecule has 1 aliphatic heterocycles. The molecule has 2 N–H and O–H groups in total. The quantitative estimate of drug-likeness (QED) is 0.691. The van der Waals surface area contributed by atoms with Gasteiger partial charge >= 0.3 is 0 Å². The van der Waals surface area contributed by atoms with Gasteiger partial charge in [-0.15, -0.1) is 0 Å². The smallest absolute Gasteiger partial charge is 0.160 e. The fraction of sp³-hybridized carbons (Fsp3) is 0.200. The number of nitrogen functional groups attached to an aromatic ring is 1. The summed E-state index contributed by atoms with van der Waals surface area (Å²) in [5.74, 6) is 0. The summed E-state index contributed by atoms with van der Waals surface area (Å²) in [5, 5.41) is 7.92. The molecule has 6 nitrogen and oxygen atoms in total. The van der Waals surface area contributed by atoms with E-state index in [-0.39, 0.29) is 0 Å². The van der Waals surface area contributed by atoms with E-state index in [0.29, 0.717) is 16.7 Å². The van der Waals surface area contributed by atoms with Gasteiger partial charge < -0.3 is 15.5 Å². The summed E-state index contributed by atoms with van der Waals surface area (Å²) in [7, 11) is 2.10. The first-order chi connectivity index (χ1) is 10.3. The molecule has 2 heterocycles. The number of anilines is 4. The standard InChI is InChI=1S/C15H15N5O/c1-19-8-9-20(12-5-3-2-4-11(12)19)13-7-6-10(16)14-15(13)18-21-17-14/h2-7H,8-9,16H2,1H3. The largest absolute Gasteiger partial charge is 0.397 e. The number of hydrogen-bond donors (Lipinski definition) is 1. The van der Waals surface area contributed by atoms with Crippen LogP contribution >= 0.6 is 0 Å². The minimum absolute atomic E-state index is 0.581. The van der Waals surface area contributed by atoms with Crippen molar-refractivity contribution in [1.29, 1.82) is 0 Å². The number of nitrogens with zero attached hydrogens (tertiary/aromatic N) is 4. The minimum Gasteiger partial charge on any atom is -0.397 e. The van der Waals surface area contributed by atoms with Gasteiger partial charge in [0.15, 0.2) is 11.0 Å². The maximum absolute atomic E-state index is 5.93. The molecule has 0 aliphatic carbocycles. The van der Waals surface area contributed by atoms with Gasteiger partial charge in [0.1, 0.15) is 0 Å². The molecule has 2 aromatic carbocycles. The third-order valence-corrected chi connectivity index (χ3v) is 3.96. The highest BCUT2D eigenvalue weighted by atomic mass is 16.6. The number of benzene rings is 2. The average molecular weight is 281 g/mol. The summed E-state index contributed by atoms with van der Waals surface area (Å²) >= 11 is 0. The predicted octanol–water partition coefficient (Wildman–Crippen LogP) is 2.39. The molecule has 0 fully saturated rings. The Morgan fingerprint density at radius 3 is 2.57 bits per heavy atom. The van der Waals surface area contributed by atoms with E-state index in [1.54, 1.807) is 0 Å². The van der Waals surface area contributed by atoms with Crippen LogP contribution in [0.3, 0.4) is 0 Å². The Morgan fingerprint density at radius 1 is 0.952 bits per heavy atom. The Bertz CT molecular complexity index is 813. The second kappa shape index (κ2) is 4.37. The summed E-state index contributed by atoms with van der Waals surface area (Å²) in [6.45, 7) is 1.81. The lowest BCUT2D eigenvalue weighted by Gasteiger charge is -2.36. The van der Waals surface area contributed by atoms with Gasteiger partial charge in [0, 0.05) is 20.1 Å². The van der Waals surface area contributed by atoms with Crippen molar-refractivity contribution < 1.29 is 4.63 Å². The zero-order chi connectivity index (χ0) is 14.4.